The second kappa shape index (κ2) is 10.1. The molecule has 4 unspecified atom stereocenters. The monoisotopic (exact) mass is 372 g/mol. The lowest BCUT2D eigenvalue weighted by Gasteiger charge is -2.23. The minimum Gasteiger partial charge on any atom is -0.480 e. The van der Waals surface area contributed by atoms with Gasteiger partial charge in [0.2, 0.25) is 17.7 Å². The standard InChI is InChI=1S/C16H28N4O6/c1-8(2)12(20-14(23)10-5-4-6-17-10)15(24)18-7-11(22)19-13(9(3)21)16(25)26/h8-10,12-13,17,21H,4-7H2,1-3H3,(H,18,24)(H,19,22)(H,20,23)(H,25,26). The van der Waals surface area contributed by atoms with E-state index in [-0.39, 0.29) is 17.9 Å². The van der Waals surface area contributed by atoms with Gasteiger partial charge in [0.15, 0.2) is 6.04 Å². The first-order valence-electron chi connectivity index (χ1n) is 8.65. The molecule has 0 aromatic heterocycles. The first-order valence-corrected chi connectivity index (χ1v) is 8.65. The Hall–Kier alpha value is -2.20. The Morgan fingerprint density at radius 1 is 1.12 bits per heavy atom. The summed E-state index contributed by atoms with van der Waals surface area (Å²) in [4.78, 5) is 47.2. The average molecular weight is 372 g/mol. The third kappa shape index (κ3) is 6.60. The largest absolute Gasteiger partial charge is 0.480 e. The second-order valence-electron chi connectivity index (χ2n) is 6.72. The van der Waals surface area contributed by atoms with Crippen LogP contribution in [-0.4, -0.2) is 71.2 Å². The average Bonchev–Trinajstić information content (AvgIpc) is 3.08. The molecular formula is C16H28N4O6. The van der Waals surface area contributed by atoms with Crippen molar-refractivity contribution >= 4 is 23.7 Å². The molecule has 0 radical (unpaired) electrons. The molecule has 1 aliphatic heterocycles. The summed E-state index contributed by atoms with van der Waals surface area (Å²) in [5, 5.41) is 28.5. The van der Waals surface area contributed by atoms with Gasteiger partial charge in [-0.15, -0.1) is 0 Å². The Morgan fingerprint density at radius 3 is 2.23 bits per heavy atom. The Bertz CT molecular complexity index is 531. The van der Waals surface area contributed by atoms with Crippen molar-refractivity contribution in [3.05, 3.63) is 0 Å². The number of nitrogens with one attached hydrogen (secondary N) is 4. The fraction of sp³-hybridized carbons (Fsp3) is 0.750. The molecular weight excluding hydrogens is 344 g/mol. The van der Waals surface area contributed by atoms with Gasteiger partial charge in [0.25, 0.3) is 0 Å². The number of rotatable bonds is 9. The number of carboxylic acid groups (broad SMARTS) is 1. The van der Waals surface area contributed by atoms with Gasteiger partial charge in [-0.3, -0.25) is 14.4 Å². The predicted molar refractivity (Wildman–Crippen MR) is 92.1 cm³/mol. The third-order valence-corrected chi connectivity index (χ3v) is 4.11. The molecule has 26 heavy (non-hydrogen) atoms. The van der Waals surface area contributed by atoms with Gasteiger partial charge in [-0.05, 0) is 32.2 Å². The SMILES string of the molecule is CC(C)C(NC(=O)C1CCCN1)C(=O)NCC(=O)NC(C(=O)O)C(C)O. The highest BCUT2D eigenvalue weighted by Crippen LogP contribution is 2.07. The molecule has 148 valence electrons. The number of aliphatic hydroxyl groups excluding tert-OH is 1. The number of aliphatic hydroxyl groups is 1. The van der Waals surface area contributed by atoms with Crippen molar-refractivity contribution in [2.45, 2.75) is 57.8 Å². The van der Waals surface area contributed by atoms with E-state index in [9.17, 15) is 24.3 Å². The van der Waals surface area contributed by atoms with Gasteiger partial charge in [0.1, 0.15) is 6.04 Å². The number of carboxylic acids is 1. The quantitative estimate of drug-likeness (QED) is 0.272. The summed E-state index contributed by atoms with van der Waals surface area (Å²) in [5.74, 6) is -3.13. The van der Waals surface area contributed by atoms with E-state index >= 15 is 0 Å². The van der Waals surface area contributed by atoms with Gasteiger partial charge in [-0.2, -0.15) is 0 Å². The van der Waals surface area contributed by atoms with E-state index in [1.807, 2.05) is 0 Å². The molecule has 0 spiro atoms. The predicted octanol–water partition coefficient (Wildman–Crippen LogP) is -2.05. The van der Waals surface area contributed by atoms with Crippen LogP contribution < -0.4 is 21.3 Å². The Morgan fingerprint density at radius 2 is 1.77 bits per heavy atom. The molecule has 1 saturated heterocycles. The second-order valence-corrected chi connectivity index (χ2v) is 6.72. The minimum absolute atomic E-state index is 0.201. The number of carbonyl (C=O) groups excluding carboxylic acids is 3. The molecule has 4 atom stereocenters. The molecule has 1 heterocycles. The van der Waals surface area contributed by atoms with Crippen LogP contribution >= 0.6 is 0 Å². The van der Waals surface area contributed by atoms with Crippen molar-refractivity contribution in [2.75, 3.05) is 13.1 Å². The van der Waals surface area contributed by atoms with E-state index in [4.69, 9.17) is 5.11 Å². The van der Waals surface area contributed by atoms with Crippen LogP contribution in [0.3, 0.4) is 0 Å². The van der Waals surface area contributed by atoms with E-state index in [2.05, 4.69) is 21.3 Å². The summed E-state index contributed by atoms with van der Waals surface area (Å²) in [6.45, 7) is 5.06. The Labute approximate surface area is 152 Å². The van der Waals surface area contributed by atoms with E-state index in [1.54, 1.807) is 13.8 Å². The molecule has 6 N–H and O–H groups in total. The Kier molecular flexibility index (Phi) is 8.46. The summed E-state index contributed by atoms with van der Waals surface area (Å²) in [6.07, 6.45) is 0.315. The molecule has 3 amide bonds. The van der Waals surface area contributed by atoms with Gasteiger partial charge in [0, 0.05) is 0 Å². The van der Waals surface area contributed by atoms with Gasteiger partial charge >= 0.3 is 5.97 Å². The van der Waals surface area contributed by atoms with Crippen LogP contribution in [0.15, 0.2) is 0 Å². The third-order valence-electron chi connectivity index (χ3n) is 4.11. The number of aliphatic carboxylic acids is 1. The lowest BCUT2D eigenvalue weighted by molar-refractivity contribution is -0.144. The zero-order chi connectivity index (χ0) is 19.9. The maximum Gasteiger partial charge on any atom is 0.328 e. The van der Waals surface area contributed by atoms with E-state index in [0.717, 1.165) is 13.0 Å². The fourth-order valence-electron chi connectivity index (χ4n) is 2.59. The van der Waals surface area contributed by atoms with Gasteiger partial charge in [-0.25, -0.2) is 4.79 Å². The summed E-state index contributed by atoms with van der Waals surface area (Å²) in [6, 6.07) is -2.60. The van der Waals surface area contributed by atoms with Crippen LogP contribution in [0, 0.1) is 5.92 Å². The first-order chi connectivity index (χ1) is 12.1. The highest BCUT2D eigenvalue weighted by atomic mass is 16.4. The molecule has 1 rings (SSSR count). The zero-order valence-corrected chi connectivity index (χ0v) is 15.2. The van der Waals surface area contributed by atoms with Gasteiger partial charge < -0.3 is 31.5 Å². The lowest BCUT2D eigenvalue weighted by atomic mass is 10.0. The zero-order valence-electron chi connectivity index (χ0n) is 15.2. The van der Waals surface area contributed by atoms with Crippen molar-refractivity contribution in [2.24, 2.45) is 5.92 Å². The number of hydrogen-bond donors (Lipinski definition) is 6. The van der Waals surface area contributed by atoms with Gasteiger partial charge in [-0.1, -0.05) is 13.8 Å². The van der Waals surface area contributed by atoms with E-state index in [0.29, 0.717) is 6.42 Å². The fourth-order valence-corrected chi connectivity index (χ4v) is 2.59. The van der Waals surface area contributed by atoms with E-state index in [1.165, 1.54) is 6.92 Å². The topological polar surface area (TPSA) is 157 Å². The van der Waals surface area contributed by atoms with Crippen molar-refractivity contribution in [1.82, 2.24) is 21.3 Å². The van der Waals surface area contributed by atoms with Crippen LogP contribution in [0.25, 0.3) is 0 Å². The van der Waals surface area contributed by atoms with Crippen LogP contribution in [0.1, 0.15) is 33.6 Å². The highest BCUT2D eigenvalue weighted by molar-refractivity contribution is 5.92. The van der Waals surface area contributed by atoms with Gasteiger partial charge in [0.05, 0.1) is 18.7 Å². The van der Waals surface area contributed by atoms with Crippen molar-refractivity contribution < 1.29 is 29.4 Å². The molecule has 1 fully saturated rings. The molecule has 10 nitrogen and oxygen atoms in total. The van der Waals surface area contributed by atoms with Crippen LogP contribution in [-0.2, 0) is 19.2 Å². The molecule has 0 bridgehead atoms. The van der Waals surface area contributed by atoms with Crippen LogP contribution in [0.2, 0.25) is 0 Å². The molecule has 0 aliphatic carbocycles. The molecule has 0 aromatic carbocycles. The minimum atomic E-state index is -1.46. The number of hydrogen-bond acceptors (Lipinski definition) is 6. The molecule has 0 aromatic rings. The van der Waals surface area contributed by atoms with Crippen molar-refractivity contribution in [1.29, 1.82) is 0 Å². The highest BCUT2D eigenvalue weighted by Gasteiger charge is 2.30. The summed E-state index contributed by atoms with van der Waals surface area (Å²) >= 11 is 0. The molecule has 1 aliphatic rings. The van der Waals surface area contributed by atoms with Crippen molar-refractivity contribution in [3.8, 4) is 0 Å². The van der Waals surface area contributed by atoms with Crippen molar-refractivity contribution in [3.63, 3.8) is 0 Å². The number of carbonyl (C=O) groups is 4. The number of amides is 3. The maximum atomic E-state index is 12.3. The maximum absolute atomic E-state index is 12.3. The van der Waals surface area contributed by atoms with Crippen LogP contribution in [0.4, 0.5) is 0 Å². The molecule has 0 saturated carbocycles. The Balaban J connectivity index is 2.54. The van der Waals surface area contributed by atoms with E-state index < -0.39 is 42.5 Å². The first kappa shape index (κ1) is 21.8. The lowest BCUT2D eigenvalue weighted by Crippen LogP contribution is -2.55. The smallest absolute Gasteiger partial charge is 0.328 e. The molecule has 10 heteroatoms. The summed E-state index contributed by atoms with van der Waals surface area (Å²) < 4.78 is 0. The van der Waals surface area contributed by atoms with Crippen LogP contribution in [0.5, 0.6) is 0 Å². The normalized spacial score (nSPS) is 20.1. The summed E-state index contributed by atoms with van der Waals surface area (Å²) in [5.41, 5.74) is 0. The summed E-state index contributed by atoms with van der Waals surface area (Å²) in [7, 11) is 0.